The first-order valence-corrected chi connectivity index (χ1v) is 11.8. The van der Waals surface area contributed by atoms with Crippen LogP contribution in [-0.4, -0.2) is 59.3 Å². The summed E-state index contributed by atoms with van der Waals surface area (Å²) < 4.78 is 32.3. The lowest BCUT2D eigenvalue weighted by molar-refractivity contribution is 0.0277. The van der Waals surface area contributed by atoms with Crippen molar-refractivity contribution in [3.05, 3.63) is 58.8 Å². The highest BCUT2D eigenvalue weighted by molar-refractivity contribution is 6.31. The zero-order valence-corrected chi connectivity index (χ0v) is 19.5. The van der Waals surface area contributed by atoms with Crippen LogP contribution in [0, 0.1) is 11.7 Å². The zero-order valence-electron chi connectivity index (χ0n) is 18.8. The number of anilines is 1. The van der Waals surface area contributed by atoms with Crippen molar-refractivity contribution in [2.24, 2.45) is 5.92 Å². The van der Waals surface area contributed by atoms with E-state index in [4.69, 9.17) is 25.8 Å². The van der Waals surface area contributed by atoms with E-state index in [1.807, 2.05) is 22.8 Å². The van der Waals surface area contributed by atoms with Crippen LogP contribution in [0.1, 0.15) is 24.2 Å². The van der Waals surface area contributed by atoms with Crippen LogP contribution in [0.25, 0.3) is 5.69 Å². The molecule has 0 spiro atoms. The SMILES string of the molecule is COc1ccc(-n2c(CO[C@@H]3CCOC3)nnc2N2C[C@@H]3C[C@]3(c3ccc(F)cc3Cl)C2)cn1. The van der Waals surface area contributed by atoms with E-state index in [-0.39, 0.29) is 17.3 Å². The molecule has 2 saturated heterocycles. The van der Waals surface area contributed by atoms with Crippen molar-refractivity contribution in [3.8, 4) is 11.6 Å². The van der Waals surface area contributed by atoms with Crippen molar-refractivity contribution in [1.82, 2.24) is 19.7 Å². The Morgan fingerprint density at radius 2 is 2.18 bits per heavy atom. The Morgan fingerprint density at radius 3 is 2.91 bits per heavy atom. The van der Waals surface area contributed by atoms with Crippen molar-refractivity contribution in [3.63, 3.8) is 0 Å². The lowest BCUT2D eigenvalue weighted by Crippen LogP contribution is -2.29. The molecule has 0 radical (unpaired) electrons. The fourth-order valence-corrected chi connectivity index (χ4v) is 5.63. The molecule has 3 atom stereocenters. The fourth-order valence-electron chi connectivity index (χ4n) is 5.28. The van der Waals surface area contributed by atoms with Gasteiger partial charge in [-0.05, 0) is 42.5 Å². The number of nitrogens with zero attached hydrogens (tertiary/aromatic N) is 5. The van der Waals surface area contributed by atoms with Crippen molar-refractivity contribution >= 4 is 17.5 Å². The number of benzene rings is 1. The minimum absolute atomic E-state index is 0.0610. The predicted molar refractivity (Wildman–Crippen MR) is 123 cm³/mol. The second-order valence-corrected chi connectivity index (χ2v) is 9.58. The molecule has 1 saturated carbocycles. The Bertz CT molecular complexity index is 1200. The van der Waals surface area contributed by atoms with Gasteiger partial charge in [0.25, 0.3) is 0 Å². The summed E-state index contributed by atoms with van der Waals surface area (Å²) in [5.74, 6) is 2.08. The molecule has 0 unspecified atom stereocenters. The topological polar surface area (TPSA) is 74.5 Å². The number of hydrogen-bond acceptors (Lipinski definition) is 7. The monoisotopic (exact) mass is 485 g/mol. The molecule has 2 aliphatic heterocycles. The van der Waals surface area contributed by atoms with Crippen molar-refractivity contribution in [2.75, 3.05) is 38.3 Å². The van der Waals surface area contributed by atoms with E-state index in [1.54, 1.807) is 13.3 Å². The molecule has 1 aliphatic carbocycles. The second-order valence-electron chi connectivity index (χ2n) is 9.17. The predicted octanol–water partition coefficient (Wildman–Crippen LogP) is 3.55. The van der Waals surface area contributed by atoms with Gasteiger partial charge in [0.1, 0.15) is 12.4 Å². The van der Waals surface area contributed by atoms with Crippen LogP contribution in [0.5, 0.6) is 5.88 Å². The largest absolute Gasteiger partial charge is 0.481 e. The standard InChI is InChI=1S/C24H25ClFN5O3/c1-32-22-5-3-17(10-27-22)31-21(13-34-18-6-7-33-12-18)28-29-23(31)30-11-15-9-24(15,14-30)19-4-2-16(26)8-20(19)25/h2-5,8,10,15,18H,6-7,9,11-14H2,1H3/t15-,18+,24-/m0/s1. The van der Waals surface area contributed by atoms with Gasteiger partial charge in [0.2, 0.25) is 11.8 Å². The lowest BCUT2D eigenvalue weighted by Gasteiger charge is -2.23. The van der Waals surface area contributed by atoms with Gasteiger partial charge in [0.15, 0.2) is 5.82 Å². The van der Waals surface area contributed by atoms with Crippen LogP contribution < -0.4 is 9.64 Å². The average Bonchev–Trinajstić information content (AvgIpc) is 3.27. The van der Waals surface area contributed by atoms with Gasteiger partial charge in [-0.2, -0.15) is 0 Å². The highest BCUT2D eigenvalue weighted by atomic mass is 35.5. The average molecular weight is 486 g/mol. The highest BCUT2D eigenvalue weighted by Gasteiger charge is 2.62. The molecule has 1 aromatic carbocycles. The first kappa shape index (κ1) is 21.8. The van der Waals surface area contributed by atoms with E-state index >= 15 is 0 Å². The molecule has 4 heterocycles. The maximum Gasteiger partial charge on any atom is 0.232 e. The van der Waals surface area contributed by atoms with Gasteiger partial charge in [-0.25, -0.2) is 9.37 Å². The molecular weight excluding hydrogens is 461 g/mol. The van der Waals surface area contributed by atoms with E-state index in [9.17, 15) is 4.39 Å². The molecule has 6 rings (SSSR count). The summed E-state index contributed by atoms with van der Waals surface area (Å²) in [6.07, 6.45) is 3.72. The molecular formula is C24H25ClFN5O3. The highest BCUT2D eigenvalue weighted by Crippen LogP contribution is 2.60. The van der Waals surface area contributed by atoms with Crippen LogP contribution in [0.2, 0.25) is 5.02 Å². The van der Waals surface area contributed by atoms with Gasteiger partial charge >= 0.3 is 0 Å². The number of rotatable bonds is 7. The third kappa shape index (κ3) is 3.72. The van der Waals surface area contributed by atoms with Crippen LogP contribution in [-0.2, 0) is 21.5 Å². The molecule has 34 heavy (non-hydrogen) atoms. The van der Waals surface area contributed by atoms with Gasteiger partial charge < -0.3 is 19.1 Å². The fraction of sp³-hybridized carbons (Fsp3) is 0.458. The van der Waals surface area contributed by atoms with E-state index in [2.05, 4.69) is 20.1 Å². The quantitative estimate of drug-likeness (QED) is 0.506. The number of ether oxygens (including phenoxy) is 3. The van der Waals surface area contributed by atoms with Gasteiger partial charge in [0.05, 0.1) is 31.7 Å². The molecule has 8 nitrogen and oxygen atoms in total. The summed E-state index contributed by atoms with van der Waals surface area (Å²) in [6.45, 7) is 3.20. The molecule has 0 N–H and O–H groups in total. The van der Waals surface area contributed by atoms with Crippen LogP contribution >= 0.6 is 11.6 Å². The van der Waals surface area contributed by atoms with Gasteiger partial charge in [-0.15, -0.1) is 10.2 Å². The zero-order chi connectivity index (χ0) is 23.3. The second kappa shape index (κ2) is 8.48. The molecule has 178 valence electrons. The Balaban J connectivity index is 1.31. The Kier molecular flexibility index (Phi) is 5.43. The van der Waals surface area contributed by atoms with Gasteiger partial charge in [-0.1, -0.05) is 17.7 Å². The minimum atomic E-state index is -0.318. The van der Waals surface area contributed by atoms with Crippen LogP contribution in [0.3, 0.4) is 0 Å². The number of pyridine rings is 1. The Hall–Kier alpha value is -2.75. The van der Waals surface area contributed by atoms with E-state index in [1.165, 1.54) is 12.1 Å². The summed E-state index contributed by atoms with van der Waals surface area (Å²) in [4.78, 5) is 6.60. The number of piperidine rings is 1. The van der Waals surface area contributed by atoms with Gasteiger partial charge in [0, 0.05) is 36.2 Å². The first-order chi connectivity index (χ1) is 16.6. The molecule has 0 bridgehead atoms. The molecule has 2 aromatic heterocycles. The normalized spacial score (nSPS) is 25.6. The smallest absolute Gasteiger partial charge is 0.232 e. The van der Waals surface area contributed by atoms with E-state index in [0.717, 1.165) is 43.1 Å². The summed E-state index contributed by atoms with van der Waals surface area (Å²) >= 11 is 6.44. The summed E-state index contributed by atoms with van der Waals surface area (Å²) in [5, 5.41) is 9.51. The Morgan fingerprint density at radius 1 is 1.26 bits per heavy atom. The summed E-state index contributed by atoms with van der Waals surface area (Å²) in [7, 11) is 1.59. The molecule has 3 fully saturated rings. The molecule has 10 heteroatoms. The minimum Gasteiger partial charge on any atom is -0.481 e. The van der Waals surface area contributed by atoms with E-state index < -0.39 is 0 Å². The number of halogens is 2. The lowest BCUT2D eigenvalue weighted by atomic mass is 9.95. The number of hydrogen-bond donors (Lipinski definition) is 0. The van der Waals surface area contributed by atoms with Crippen LogP contribution in [0.15, 0.2) is 36.5 Å². The molecule has 3 aromatic rings. The summed E-state index contributed by atoms with van der Waals surface area (Å²) in [6, 6.07) is 8.46. The van der Waals surface area contributed by atoms with Crippen LogP contribution in [0.4, 0.5) is 10.3 Å². The Labute approximate surface area is 201 Å². The maximum atomic E-state index is 13.6. The summed E-state index contributed by atoms with van der Waals surface area (Å²) in [5.41, 5.74) is 1.75. The molecule has 3 aliphatic rings. The number of fused-ring (bicyclic) bond motifs is 1. The number of methoxy groups -OCH3 is 1. The van der Waals surface area contributed by atoms with Gasteiger partial charge in [-0.3, -0.25) is 4.57 Å². The van der Waals surface area contributed by atoms with Crippen molar-refractivity contribution in [1.29, 1.82) is 0 Å². The third-order valence-corrected chi connectivity index (χ3v) is 7.45. The van der Waals surface area contributed by atoms with Crippen molar-refractivity contribution < 1.29 is 18.6 Å². The maximum absolute atomic E-state index is 13.6. The first-order valence-electron chi connectivity index (χ1n) is 11.4. The molecule has 0 amide bonds. The third-order valence-electron chi connectivity index (χ3n) is 7.13. The number of aromatic nitrogens is 4. The van der Waals surface area contributed by atoms with Crippen molar-refractivity contribution in [2.45, 2.75) is 31.0 Å². The van der Waals surface area contributed by atoms with E-state index in [0.29, 0.717) is 42.5 Å².